The fourth-order valence-corrected chi connectivity index (χ4v) is 8.16. The van der Waals surface area contributed by atoms with E-state index in [0.29, 0.717) is 86.6 Å². The lowest BCUT2D eigenvalue weighted by Gasteiger charge is -2.44. The van der Waals surface area contributed by atoms with Gasteiger partial charge in [-0.15, -0.1) is 0 Å². The molecule has 0 aliphatic rings. The minimum Gasteiger partial charge on any atom is -0.481 e. The van der Waals surface area contributed by atoms with E-state index < -0.39 is 32.3 Å². The third kappa shape index (κ3) is 18.9. The Balaban J connectivity index is 6.32. The smallest absolute Gasteiger partial charge is 0.309 e. The fraction of sp³-hybridized carbons (Fsp3) is 0.892. The molecule has 0 aromatic carbocycles. The van der Waals surface area contributed by atoms with Gasteiger partial charge in [-0.2, -0.15) is 8.42 Å². The lowest BCUT2D eigenvalue weighted by Crippen LogP contribution is -2.46. The van der Waals surface area contributed by atoms with Gasteiger partial charge in [0.15, 0.2) is 0 Å². The third-order valence-corrected chi connectivity index (χ3v) is 11.0. The summed E-state index contributed by atoms with van der Waals surface area (Å²) in [5.74, 6) is -1.03. The number of ether oxygens (including phenoxy) is 1. The summed E-state index contributed by atoms with van der Waals surface area (Å²) in [6.45, 7) is 16.4. The molecule has 3 unspecified atom stereocenters. The summed E-state index contributed by atoms with van der Waals surface area (Å²) in [7, 11) is 5.19. The van der Waals surface area contributed by atoms with E-state index in [2.05, 4.69) is 20.8 Å². The van der Waals surface area contributed by atoms with Gasteiger partial charge in [-0.1, -0.05) is 48.5 Å². The number of carbonyl (C=O) groups excluding carboxylic acids is 3. The molecular formula is C37H72N2O9S+2. The fourth-order valence-electron chi connectivity index (χ4n) is 7.43. The number of carbonyl (C=O) groups is 4. The summed E-state index contributed by atoms with van der Waals surface area (Å²) in [5.41, 5.74) is -2.81. The van der Waals surface area contributed by atoms with Gasteiger partial charge in [-0.25, -0.2) is 0 Å². The van der Waals surface area contributed by atoms with E-state index in [1.807, 2.05) is 55.9 Å². The maximum atomic E-state index is 14.2. The van der Waals surface area contributed by atoms with E-state index in [4.69, 9.17) is 9.84 Å². The Hall–Kier alpha value is -1.73. The van der Waals surface area contributed by atoms with Crippen LogP contribution < -0.4 is 0 Å². The van der Waals surface area contributed by atoms with Gasteiger partial charge in [0.2, 0.25) is 0 Å². The van der Waals surface area contributed by atoms with E-state index >= 15 is 0 Å². The number of hydrogen-bond acceptors (Lipinski definition) is 7. The van der Waals surface area contributed by atoms with Gasteiger partial charge >= 0.3 is 5.97 Å². The van der Waals surface area contributed by atoms with Crippen molar-refractivity contribution >= 4 is 33.4 Å². The number of ketones is 3. The van der Waals surface area contributed by atoms with Crippen LogP contribution in [0.1, 0.15) is 119 Å². The molecule has 0 amide bonds. The minimum atomic E-state index is -4.09. The van der Waals surface area contributed by atoms with Crippen molar-refractivity contribution in [1.82, 2.24) is 0 Å². The van der Waals surface area contributed by atoms with E-state index in [0.717, 1.165) is 0 Å². The molecule has 2 N–H and O–H groups in total. The Morgan fingerprint density at radius 3 is 1.45 bits per heavy atom. The molecule has 0 radical (unpaired) electrons. The van der Waals surface area contributed by atoms with Gasteiger partial charge in [0.05, 0.1) is 60.8 Å². The molecule has 0 aromatic rings. The number of methoxy groups -OCH3 is 1. The molecule has 0 saturated heterocycles. The number of quaternary nitrogens is 2. The highest BCUT2D eigenvalue weighted by molar-refractivity contribution is 7.85. The van der Waals surface area contributed by atoms with Crippen LogP contribution in [0.5, 0.6) is 0 Å². The summed E-state index contributed by atoms with van der Waals surface area (Å²) < 4.78 is 37.9. The molecule has 0 aromatic heterocycles. The molecule has 0 saturated carbocycles. The topological polar surface area (TPSA) is 152 Å². The van der Waals surface area contributed by atoms with Crippen LogP contribution in [0, 0.1) is 21.7 Å². The normalized spacial score (nSPS) is 16.8. The number of rotatable bonds is 27. The molecule has 3 atom stereocenters. The van der Waals surface area contributed by atoms with E-state index in [1.165, 1.54) is 0 Å². The summed E-state index contributed by atoms with van der Waals surface area (Å²) in [5, 5.41) is 9.10. The minimum absolute atomic E-state index is 0.0273. The van der Waals surface area contributed by atoms with Gasteiger partial charge in [-0.3, -0.25) is 23.7 Å². The van der Waals surface area contributed by atoms with Crippen LogP contribution in [0.25, 0.3) is 0 Å². The summed E-state index contributed by atoms with van der Waals surface area (Å²) >= 11 is 0. The zero-order valence-corrected chi connectivity index (χ0v) is 33.9. The van der Waals surface area contributed by atoms with Crippen molar-refractivity contribution in [1.29, 1.82) is 0 Å². The van der Waals surface area contributed by atoms with Gasteiger partial charge in [0, 0.05) is 62.1 Å². The van der Waals surface area contributed by atoms with Crippen molar-refractivity contribution in [2.45, 2.75) is 119 Å². The van der Waals surface area contributed by atoms with Gasteiger partial charge in [0.25, 0.3) is 10.1 Å². The lowest BCUT2D eigenvalue weighted by atomic mass is 9.58. The maximum absolute atomic E-state index is 14.2. The molecule has 12 heteroatoms. The number of nitrogens with zero attached hydrogens (tertiary/aromatic N) is 2. The average molecular weight is 721 g/mol. The monoisotopic (exact) mass is 720 g/mol. The quantitative estimate of drug-likeness (QED) is 0.0606. The SMILES string of the molecule is CCC(C)(CC(C)(CC(C)(CC(C)(C)C)C(=O)CCC[N+](C)(C)CCS(=O)(=O)O)C(=O)CCCOC)C(=O)CCC[N+](C)(C)CCC(=O)O. The maximum Gasteiger partial charge on any atom is 0.309 e. The van der Waals surface area contributed by atoms with E-state index in [-0.39, 0.29) is 54.3 Å². The van der Waals surface area contributed by atoms with Crippen LogP contribution in [0.2, 0.25) is 0 Å². The van der Waals surface area contributed by atoms with Crippen molar-refractivity contribution in [2.24, 2.45) is 21.7 Å². The molecule has 0 fully saturated rings. The standard InChI is InChI=1S/C37H70N2O9S/c1-13-35(5,30(40)17-14-21-38(8,9)23-20-33(43)44)28-37(7,32(42)19-16-25-48-12)29-36(6,27-34(2,3)4)31(41)18-15-22-39(10,11)24-26-49(45,46)47/h13-29H2,1-12H3/p+2. The molecule has 0 bridgehead atoms. The van der Waals surface area contributed by atoms with Crippen LogP contribution in [0.15, 0.2) is 0 Å². The second-order valence-corrected chi connectivity index (χ2v) is 19.5. The van der Waals surface area contributed by atoms with E-state index in [9.17, 15) is 32.1 Å². The Kier molecular flexibility index (Phi) is 18.5. The number of carboxylic acids is 1. The molecule has 288 valence electrons. The van der Waals surface area contributed by atoms with Gasteiger partial charge in [0.1, 0.15) is 23.1 Å². The number of carboxylic acid groups (broad SMARTS) is 1. The molecule has 0 spiro atoms. The number of Topliss-reactive ketones (excluding diaryl/α,β-unsaturated/α-hetero) is 3. The Bertz CT molecular complexity index is 1210. The molecular weight excluding hydrogens is 648 g/mol. The van der Waals surface area contributed by atoms with Crippen LogP contribution >= 0.6 is 0 Å². The molecule has 11 nitrogen and oxygen atoms in total. The average Bonchev–Trinajstić information content (AvgIpc) is 2.93. The molecule has 0 aliphatic heterocycles. The summed E-state index contributed by atoms with van der Waals surface area (Å²) in [4.78, 5) is 53.4. The first-order valence-corrected chi connectivity index (χ1v) is 19.6. The number of hydrogen-bond donors (Lipinski definition) is 2. The van der Waals surface area contributed by atoms with Crippen molar-refractivity contribution in [3.63, 3.8) is 0 Å². The van der Waals surface area contributed by atoms with Crippen molar-refractivity contribution in [2.75, 3.05) is 73.8 Å². The van der Waals surface area contributed by atoms with Crippen LogP contribution in [0.3, 0.4) is 0 Å². The first-order chi connectivity index (χ1) is 22.0. The Morgan fingerprint density at radius 2 is 1.04 bits per heavy atom. The van der Waals surface area contributed by atoms with Gasteiger partial charge < -0.3 is 18.8 Å². The van der Waals surface area contributed by atoms with Crippen molar-refractivity contribution in [3.8, 4) is 0 Å². The van der Waals surface area contributed by atoms with Crippen LogP contribution in [-0.2, 0) is 34.0 Å². The predicted octanol–water partition coefficient (Wildman–Crippen LogP) is 5.84. The predicted molar refractivity (Wildman–Crippen MR) is 195 cm³/mol. The largest absolute Gasteiger partial charge is 0.481 e. The molecule has 0 rings (SSSR count). The number of aliphatic carboxylic acids is 1. The summed E-state index contributed by atoms with van der Waals surface area (Å²) in [6.07, 6.45) is 4.37. The molecule has 0 aliphatic carbocycles. The Labute approximate surface area is 298 Å². The van der Waals surface area contributed by atoms with Crippen LogP contribution in [0.4, 0.5) is 0 Å². The first-order valence-electron chi connectivity index (χ1n) is 17.9. The first kappa shape index (κ1) is 47.3. The molecule has 49 heavy (non-hydrogen) atoms. The second-order valence-electron chi connectivity index (χ2n) is 17.9. The summed E-state index contributed by atoms with van der Waals surface area (Å²) in [6, 6.07) is 0. The van der Waals surface area contributed by atoms with Crippen molar-refractivity contribution < 1.29 is 51.0 Å². The highest BCUT2D eigenvalue weighted by Gasteiger charge is 2.49. The third-order valence-electron chi connectivity index (χ3n) is 10.3. The van der Waals surface area contributed by atoms with Crippen LogP contribution in [-0.4, -0.2) is 124 Å². The van der Waals surface area contributed by atoms with Crippen molar-refractivity contribution in [3.05, 3.63) is 0 Å². The highest BCUT2D eigenvalue weighted by atomic mass is 32.2. The van der Waals surface area contributed by atoms with E-state index in [1.54, 1.807) is 7.11 Å². The zero-order valence-electron chi connectivity index (χ0n) is 33.1. The molecule has 0 heterocycles. The highest BCUT2D eigenvalue weighted by Crippen LogP contribution is 2.50. The lowest BCUT2D eigenvalue weighted by molar-refractivity contribution is -0.889. The van der Waals surface area contributed by atoms with Gasteiger partial charge in [-0.05, 0) is 37.5 Å². The Morgan fingerprint density at radius 1 is 0.633 bits per heavy atom. The second kappa shape index (κ2) is 19.2. The zero-order chi connectivity index (χ0) is 38.5.